The Morgan fingerprint density at radius 1 is 1.02 bits per heavy atom. The van der Waals surface area contributed by atoms with Gasteiger partial charge in [0.25, 0.3) is 0 Å². The number of nitrogens with zero attached hydrogens (tertiary/aromatic N) is 6. The first kappa shape index (κ1) is 27.6. The van der Waals surface area contributed by atoms with Crippen LogP contribution in [0.15, 0.2) is 36.7 Å². The summed E-state index contributed by atoms with van der Waals surface area (Å²) in [5.41, 5.74) is 0.570. The predicted molar refractivity (Wildman–Crippen MR) is 151 cm³/mol. The zero-order valence-electron chi connectivity index (χ0n) is 23.2. The summed E-state index contributed by atoms with van der Waals surface area (Å²) >= 11 is 0. The van der Waals surface area contributed by atoms with E-state index in [4.69, 9.17) is 0 Å². The summed E-state index contributed by atoms with van der Waals surface area (Å²) < 4.78 is 57.4. The zero-order chi connectivity index (χ0) is 28.7. The van der Waals surface area contributed by atoms with Gasteiger partial charge in [-0.2, -0.15) is 13.2 Å². The normalized spacial score (nSPS) is 21.4. The molecule has 2 saturated heterocycles. The molecule has 41 heavy (non-hydrogen) atoms. The molecule has 1 aromatic carbocycles. The molecule has 0 aliphatic carbocycles. The lowest BCUT2D eigenvalue weighted by atomic mass is 10.0. The van der Waals surface area contributed by atoms with Gasteiger partial charge < -0.3 is 20.4 Å². The highest BCUT2D eigenvalue weighted by molar-refractivity contribution is 5.83. The number of piperidine rings is 1. The van der Waals surface area contributed by atoms with Crippen LogP contribution in [0.4, 0.5) is 40.7 Å². The highest BCUT2D eigenvalue weighted by Gasteiger charge is 2.39. The Bertz CT molecular complexity index is 1390. The number of piperazine rings is 1. The van der Waals surface area contributed by atoms with E-state index in [1.54, 1.807) is 18.3 Å². The molecule has 8 nitrogen and oxygen atoms in total. The minimum atomic E-state index is -4.72. The Balaban J connectivity index is 1.25. The molecule has 2 unspecified atom stereocenters. The van der Waals surface area contributed by atoms with Crippen molar-refractivity contribution in [2.45, 2.75) is 58.0 Å². The monoisotopic (exact) mass is 570 g/mol. The highest BCUT2D eigenvalue weighted by Crippen LogP contribution is 2.46. The maximum atomic E-state index is 15.3. The van der Waals surface area contributed by atoms with Crippen molar-refractivity contribution in [3.63, 3.8) is 0 Å². The smallest absolute Gasteiger partial charge is 0.361 e. The van der Waals surface area contributed by atoms with Gasteiger partial charge in [-0.05, 0) is 56.5 Å². The summed E-state index contributed by atoms with van der Waals surface area (Å²) in [5, 5.41) is 6.13. The van der Waals surface area contributed by atoms with Crippen molar-refractivity contribution in [3.05, 3.63) is 53.6 Å². The molecule has 0 bridgehead atoms. The first-order valence-electron chi connectivity index (χ1n) is 14.2. The standard InChI is InChI=1S/C29H34F4N8/c1-3-39-9-11-40(12-10-39)17-19-7-8-24(34-15-19)36-28-35-16-21(29(31,32)33)26(38-28)20-13-22(30)27-23(14-20)41-18(2)5-4-6-25(41)37-27/h7-8,13-16,18,25,37H,3-6,9-12,17H2,1-2H3,(H,34,35,36,38). The number of likely N-dealkylation sites (N-methyl/N-ethyl adjacent to an activating group) is 1. The number of hydrogen-bond donors (Lipinski definition) is 2. The van der Waals surface area contributed by atoms with Gasteiger partial charge in [0.15, 0.2) is 0 Å². The van der Waals surface area contributed by atoms with E-state index >= 15 is 4.39 Å². The number of hydrogen-bond acceptors (Lipinski definition) is 8. The molecule has 3 aromatic rings. The molecule has 6 rings (SSSR count). The minimum absolute atomic E-state index is 0.0470. The van der Waals surface area contributed by atoms with Gasteiger partial charge in [0, 0.05) is 56.7 Å². The number of rotatable bonds is 6. The van der Waals surface area contributed by atoms with Crippen molar-refractivity contribution in [2.24, 2.45) is 0 Å². The third kappa shape index (κ3) is 5.67. The van der Waals surface area contributed by atoms with E-state index in [1.807, 2.05) is 13.0 Å². The van der Waals surface area contributed by atoms with Gasteiger partial charge in [-0.1, -0.05) is 13.0 Å². The van der Waals surface area contributed by atoms with Crippen LogP contribution in [-0.2, 0) is 12.7 Å². The van der Waals surface area contributed by atoms with Crippen LogP contribution in [0.1, 0.15) is 44.2 Å². The van der Waals surface area contributed by atoms with Gasteiger partial charge >= 0.3 is 6.18 Å². The first-order valence-corrected chi connectivity index (χ1v) is 14.2. The van der Waals surface area contributed by atoms with E-state index in [0.717, 1.165) is 76.4 Å². The van der Waals surface area contributed by atoms with Crippen molar-refractivity contribution in [1.82, 2.24) is 24.8 Å². The molecule has 2 aromatic heterocycles. The number of pyridine rings is 1. The van der Waals surface area contributed by atoms with Crippen LogP contribution in [0.5, 0.6) is 0 Å². The molecule has 2 N–H and O–H groups in total. The predicted octanol–water partition coefficient (Wildman–Crippen LogP) is 5.71. The lowest BCUT2D eigenvalue weighted by Crippen LogP contribution is -2.45. The van der Waals surface area contributed by atoms with Gasteiger partial charge in [0.1, 0.15) is 17.2 Å². The first-order chi connectivity index (χ1) is 19.7. The van der Waals surface area contributed by atoms with E-state index in [9.17, 15) is 13.2 Å². The summed E-state index contributed by atoms with van der Waals surface area (Å²) in [6.07, 6.45) is 0.471. The summed E-state index contributed by atoms with van der Waals surface area (Å²) in [7, 11) is 0. The second-order valence-electron chi connectivity index (χ2n) is 11.0. The van der Waals surface area contributed by atoms with Crippen LogP contribution in [-0.4, -0.2) is 69.7 Å². The maximum Gasteiger partial charge on any atom is 0.419 e. The van der Waals surface area contributed by atoms with Gasteiger partial charge in [-0.25, -0.2) is 19.3 Å². The number of anilines is 4. The molecule has 0 saturated carbocycles. The van der Waals surface area contributed by atoms with Crippen LogP contribution >= 0.6 is 0 Å². The molecule has 0 spiro atoms. The molecule has 5 heterocycles. The Morgan fingerprint density at radius 3 is 2.51 bits per heavy atom. The summed E-state index contributed by atoms with van der Waals surface area (Å²) in [6.45, 7) is 10.1. The Labute approximate surface area is 236 Å². The van der Waals surface area contributed by atoms with Gasteiger partial charge in [0.2, 0.25) is 5.95 Å². The topological polar surface area (TPSA) is 72.5 Å². The molecule has 0 radical (unpaired) electrons. The maximum absolute atomic E-state index is 15.3. The van der Waals surface area contributed by atoms with Crippen molar-refractivity contribution in [3.8, 4) is 11.3 Å². The quantitative estimate of drug-likeness (QED) is 0.366. The van der Waals surface area contributed by atoms with E-state index in [0.29, 0.717) is 17.2 Å². The molecule has 0 amide bonds. The van der Waals surface area contributed by atoms with E-state index in [-0.39, 0.29) is 29.4 Å². The summed E-state index contributed by atoms with van der Waals surface area (Å²) in [6, 6.07) is 6.55. The van der Waals surface area contributed by atoms with Crippen molar-refractivity contribution < 1.29 is 17.6 Å². The molecule has 12 heteroatoms. The number of aromatic nitrogens is 3. The number of alkyl halides is 3. The molecule has 3 aliphatic rings. The average Bonchev–Trinajstić information content (AvgIpc) is 3.34. The third-order valence-corrected chi connectivity index (χ3v) is 8.32. The van der Waals surface area contributed by atoms with Crippen LogP contribution in [0, 0.1) is 5.82 Å². The average molecular weight is 571 g/mol. The van der Waals surface area contributed by atoms with Crippen LogP contribution in [0.25, 0.3) is 11.3 Å². The Hall–Kier alpha value is -3.51. The Kier molecular flexibility index (Phi) is 7.45. The van der Waals surface area contributed by atoms with Gasteiger partial charge in [-0.3, -0.25) is 4.90 Å². The largest absolute Gasteiger partial charge is 0.419 e. The lowest BCUT2D eigenvalue weighted by molar-refractivity contribution is -0.137. The molecule has 3 aliphatic heterocycles. The van der Waals surface area contributed by atoms with Crippen molar-refractivity contribution in [1.29, 1.82) is 0 Å². The van der Waals surface area contributed by atoms with Gasteiger partial charge in [0.05, 0.1) is 23.2 Å². The second kappa shape index (κ2) is 11.1. The lowest BCUT2D eigenvalue weighted by Gasteiger charge is -2.37. The van der Waals surface area contributed by atoms with Gasteiger partial charge in [-0.15, -0.1) is 0 Å². The number of halogens is 4. The summed E-state index contributed by atoms with van der Waals surface area (Å²) in [5.74, 6) is -0.245. The van der Waals surface area contributed by atoms with E-state index in [1.165, 1.54) is 0 Å². The van der Waals surface area contributed by atoms with E-state index in [2.05, 4.69) is 47.2 Å². The molecular weight excluding hydrogens is 536 g/mol. The fraction of sp³-hybridized carbons (Fsp3) is 0.483. The second-order valence-corrected chi connectivity index (χ2v) is 11.0. The molecule has 2 atom stereocenters. The molecule has 2 fully saturated rings. The van der Waals surface area contributed by atoms with E-state index < -0.39 is 17.6 Å². The van der Waals surface area contributed by atoms with Crippen LogP contribution < -0.4 is 15.5 Å². The zero-order valence-corrected chi connectivity index (χ0v) is 23.2. The SMILES string of the molecule is CCN1CCN(Cc2ccc(Nc3ncc(C(F)(F)F)c(-c4cc(F)c5c(c4)N4C(C)CCCC4N5)n3)nc2)CC1. The fourth-order valence-electron chi connectivity index (χ4n) is 6.08. The minimum Gasteiger partial charge on any atom is -0.361 e. The number of fused-ring (bicyclic) bond motifs is 3. The summed E-state index contributed by atoms with van der Waals surface area (Å²) in [4.78, 5) is 19.4. The Morgan fingerprint density at radius 2 is 1.80 bits per heavy atom. The van der Waals surface area contributed by atoms with Crippen LogP contribution in [0.3, 0.4) is 0 Å². The number of benzene rings is 1. The number of nitrogens with one attached hydrogen (secondary N) is 2. The van der Waals surface area contributed by atoms with Crippen molar-refractivity contribution in [2.75, 3.05) is 48.3 Å². The fourth-order valence-corrected chi connectivity index (χ4v) is 6.08. The molecular formula is C29H34F4N8. The van der Waals surface area contributed by atoms with Crippen LogP contribution in [0.2, 0.25) is 0 Å². The molecule has 218 valence electrons. The highest BCUT2D eigenvalue weighted by atomic mass is 19.4. The van der Waals surface area contributed by atoms with Crippen molar-refractivity contribution >= 4 is 23.1 Å². The third-order valence-electron chi connectivity index (χ3n) is 8.32.